The summed E-state index contributed by atoms with van der Waals surface area (Å²) < 4.78 is 55.3. The first-order valence-electron chi connectivity index (χ1n) is 9.83. The zero-order valence-corrected chi connectivity index (χ0v) is 16.8. The number of hydrogen-bond acceptors (Lipinski definition) is 4. The van der Waals surface area contributed by atoms with E-state index in [1.54, 1.807) is 12.3 Å². The van der Waals surface area contributed by atoms with Gasteiger partial charge in [-0.05, 0) is 36.8 Å². The SMILES string of the molecule is CC1(CCNC(=NCc2cccc(C(F)(F)F)c2)NCCc2ccco2)OCCO1. The normalized spacial score (nSPS) is 16.6. The number of hydrogen-bond donors (Lipinski definition) is 2. The molecule has 2 heterocycles. The first-order chi connectivity index (χ1) is 14.3. The Hall–Kier alpha value is -2.52. The number of ether oxygens (including phenoxy) is 2. The summed E-state index contributed by atoms with van der Waals surface area (Å²) in [5.74, 6) is 0.702. The van der Waals surface area contributed by atoms with Crippen molar-refractivity contribution in [3.8, 4) is 0 Å². The molecular formula is C21H26F3N3O3. The first-order valence-corrected chi connectivity index (χ1v) is 9.83. The van der Waals surface area contributed by atoms with Crippen molar-refractivity contribution in [3.05, 3.63) is 59.5 Å². The van der Waals surface area contributed by atoms with Crippen LogP contribution >= 0.6 is 0 Å². The lowest BCUT2D eigenvalue weighted by Gasteiger charge is -2.23. The molecule has 30 heavy (non-hydrogen) atoms. The van der Waals surface area contributed by atoms with Gasteiger partial charge in [0.25, 0.3) is 0 Å². The van der Waals surface area contributed by atoms with Crippen LogP contribution < -0.4 is 10.6 Å². The number of rotatable bonds is 8. The van der Waals surface area contributed by atoms with E-state index < -0.39 is 17.5 Å². The van der Waals surface area contributed by atoms with Crippen molar-refractivity contribution in [1.29, 1.82) is 0 Å². The number of halogens is 3. The third kappa shape index (κ3) is 6.77. The standard InChI is InChI=1S/C21H26F3N3O3/c1-20(29-12-13-30-20)8-10-26-19(25-9-7-18-6-3-11-28-18)27-15-16-4-2-5-17(14-16)21(22,23)24/h2-6,11,14H,7-10,12-13,15H2,1H3,(H2,25,26,27). The maximum absolute atomic E-state index is 12.9. The Balaban J connectivity index is 1.59. The van der Waals surface area contributed by atoms with Gasteiger partial charge < -0.3 is 24.5 Å². The summed E-state index contributed by atoms with van der Waals surface area (Å²) in [7, 11) is 0. The summed E-state index contributed by atoms with van der Waals surface area (Å²) in [4.78, 5) is 4.44. The zero-order valence-electron chi connectivity index (χ0n) is 16.8. The molecule has 6 nitrogen and oxygen atoms in total. The van der Waals surface area contributed by atoms with Crippen molar-refractivity contribution in [2.24, 2.45) is 4.99 Å². The molecule has 0 bridgehead atoms. The number of nitrogens with one attached hydrogen (secondary N) is 2. The summed E-state index contributed by atoms with van der Waals surface area (Å²) in [6.07, 6.45) is -1.51. The van der Waals surface area contributed by atoms with Crippen molar-refractivity contribution in [3.63, 3.8) is 0 Å². The predicted octanol–water partition coefficient (Wildman–Crippen LogP) is 3.73. The summed E-state index contributed by atoms with van der Waals surface area (Å²) in [6, 6.07) is 8.88. The van der Waals surface area contributed by atoms with Gasteiger partial charge in [-0.3, -0.25) is 0 Å². The minimum atomic E-state index is -4.38. The Bertz CT molecular complexity index is 816. The van der Waals surface area contributed by atoms with E-state index in [-0.39, 0.29) is 6.54 Å². The molecule has 0 aliphatic carbocycles. The smallest absolute Gasteiger partial charge is 0.416 e. The second-order valence-corrected chi connectivity index (χ2v) is 7.13. The van der Waals surface area contributed by atoms with E-state index in [0.717, 1.165) is 17.9 Å². The molecule has 0 amide bonds. The topological polar surface area (TPSA) is 68.0 Å². The summed E-state index contributed by atoms with van der Waals surface area (Å²) in [6.45, 7) is 4.22. The zero-order chi connectivity index (χ0) is 21.5. The van der Waals surface area contributed by atoms with Gasteiger partial charge in [0.15, 0.2) is 11.7 Å². The average Bonchev–Trinajstić information content (AvgIpc) is 3.37. The molecule has 9 heteroatoms. The third-order valence-electron chi connectivity index (χ3n) is 4.69. The van der Waals surface area contributed by atoms with Crippen LogP contribution in [-0.2, 0) is 28.6 Å². The molecule has 0 spiro atoms. The van der Waals surface area contributed by atoms with Crippen LogP contribution in [0.1, 0.15) is 30.2 Å². The van der Waals surface area contributed by atoms with E-state index in [1.807, 2.05) is 19.1 Å². The minimum absolute atomic E-state index is 0.115. The van der Waals surface area contributed by atoms with Crippen LogP contribution in [0.25, 0.3) is 0 Å². The average molecular weight is 425 g/mol. The molecule has 1 fully saturated rings. The Morgan fingerprint density at radius 3 is 2.57 bits per heavy atom. The fourth-order valence-corrected chi connectivity index (χ4v) is 3.06. The van der Waals surface area contributed by atoms with Gasteiger partial charge in [-0.2, -0.15) is 13.2 Å². The number of aliphatic imine (C=N–C) groups is 1. The predicted molar refractivity (Wildman–Crippen MR) is 106 cm³/mol. The molecule has 2 aromatic rings. The Labute approximate surface area is 173 Å². The lowest BCUT2D eigenvalue weighted by Crippen LogP contribution is -2.41. The Kier molecular flexibility index (Phi) is 7.38. The van der Waals surface area contributed by atoms with Gasteiger partial charge in [0.1, 0.15) is 5.76 Å². The fraction of sp³-hybridized carbons (Fsp3) is 0.476. The van der Waals surface area contributed by atoms with Crippen molar-refractivity contribution < 1.29 is 27.1 Å². The molecule has 0 atom stereocenters. The highest BCUT2D eigenvalue weighted by Crippen LogP contribution is 2.29. The summed E-state index contributed by atoms with van der Waals surface area (Å²) >= 11 is 0. The van der Waals surface area contributed by atoms with Gasteiger partial charge in [-0.25, -0.2) is 4.99 Å². The van der Waals surface area contributed by atoms with Gasteiger partial charge in [0.05, 0.1) is 31.6 Å². The maximum Gasteiger partial charge on any atom is 0.416 e. The molecule has 1 aliphatic heterocycles. The van der Waals surface area contributed by atoms with Gasteiger partial charge in [0.2, 0.25) is 0 Å². The Morgan fingerprint density at radius 1 is 1.10 bits per heavy atom. The van der Waals surface area contributed by atoms with Crippen molar-refractivity contribution in [1.82, 2.24) is 10.6 Å². The molecule has 1 saturated heterocycles. The minimum Gasteiger partial charge on any atom is -0.469 e. The molecule has 1 aliphatic rings. The number of benzene rings is 1. The summed E-state index contributed by atoms with van der Waals surface area (Å²) in [5.41, 5.74) is -0.203. The molecule has 1 aromatic carbocycles. The van der Waals surface area contributed by atoms with Crippen LogP contribution in [0.4, 0.5) is 13.2 Å². The van der Waals surface area contributed by atoms with Crippen molar-refractivity contribution in [2.75, 3.05) is 26.3 Å². The van der Waals surface area contributed by atoms with E-state index in [0.29, 0.717) is 50.7 Å². The van der Waals surface area contributed by atoms with Gasteiger partial charge in [-0.1, -0.05) is 12.1 Å². The molecule has 2 N–H and O–H groups in total. The lowest BCUT2D eigenvalue weighted by atomic mass is 10.1. The molecule has 1 aromatic heterocycles. The highest BCUT2D eigenvalue weighted by molar-refractivity contribution is 5.79. The maximum atomic E-state index is 12.9. The summed E-state index contributed by atoms with van der Waals surface area (Å²) in [5, 5.41) is 6.38. The van der Waals surface area contributed by atoms with Crippen LogP contribution in [0.3, 0.4) is 0 Å². The third-order valence-corrected chi connectivity index (χ3v) is 4.69. The van der Waals surface area contributed by atoms with Gasteiger partial charge in [-0.15, -0.1) is 0 Å². The Morgan fingerprint density at radius 2 is 1.87 bits per heavy atom. The molecule has 0 saturated carbocycles. The number of furan rings is 1. The number of alkyl halides is 3. The van der Waals surface area contributed by atoms with Crippen molar-refractivity contribution >= 4 is 5.96 Å². The molecule has 164 valence electrons. The second-order valence-electron chi connectivity index (χ2n) is 7.13. The van der Waals surface area contributed by atoms with Gasteiger partial charge in [0, 0.05) is 25.9 Å². The quantitative estimate of drug-likeness (QED) is 0.498. The molecule has 0 unspecified atom stereocenters. The molecular weight excluding hydrogens is 399 g/mol. The first kappa shape index (κ1) is 22.2. The van der Waals surface area contributed by atoms with Crippen LogP contribution in [0, 0.1) is 0 Å². The monoisotopic (exact) mass is 425 g/mol. The van der Waals surface area contributed by atoms with E-state index in [4.69, 9.17) is 13.9 Å². The molecule has 3 rings (SSSR count). The van der Waals surface area contributed by atoms with Crippen molar-refractivity contribution in [2.45, 2.75) is 38.3 Å². The van der Waals surface area contributed by atoms with E-state index >= 15 is 0 Å². The largest absolute Gasteiger partial charge is 0.469 e. The van der Waals surface area contributed by atoms with E-state index in [9.17, 15) is 13.2 Å². The second kappa shape index (κ2) is 9.99. The van der Waals surface area contributed by atoms with Crippen LogP contribution in [0.2, 0.25) is 0 Å². The van der Waals surface area contributed by atoms with E-state index in [1.165, 1.54) is 6.07 Å². The van der Waals surface area contributed by atoms with Gasteiger partial charge >= 0.3 is 6.18 Å². The number of guanidine groups is 1. The lowest BCUT2D eigenvalue weighted by molar-refractivity contribution is -0.145. The van der Waals surface area contributed by atoms with Crippen LogP contribution in [-0.4, -0.2) is 38.0 Å². The van der Waals surface area contributed by atoms with Crippen LogP contribution in [0.5, 0.6) is 0 Å². The highest BCUT2D eigenvalue weighted by Gasteiger charge is 2.31. The fourth-order valence-electron chi connectivity index (χ4n) is 3.06. The number of nitrogens with zero attached hydrogens (tertiary/aromatic N) is 1. The highest BCUT2D eigenvalue weighted by atomic mass is 19.4. The van der Waals surface area contributed by atoms with Crippen LogP contribution in [0.15, 0.2) is 52.1 Å². The molecule has 0 radical (unpaired) electrons. The van der Waals surface area contributed by atoms with E-state index in [2.05, 4.69) is 15.6 Å².